The average molecular weight is 656 g/mol. The van der Waals surface area contributed by atoms with Gasteiger partial charge in [-0.15, -0.1) is 6.58 Å². The van der Waals surface area contributed by atoms with E-state index in [4.69, 9.17) is 29.8 Å². The monoisotopic (exact) mass is 655 g/mol. The van der Waals surface area contributed by atoms with E-state index in [9.17, 15) is 40.2 Å². The van der Waals surface area contributed by atoms with Gasteiger partial charge in [0.05, 0.1) is 43.8 Å². The number of esters is 1. The van der Waals surface area contributed by atoms with Crippen LogP contribution < -0.4 is 16.0 Å². The second kappa shape index (κ2) is 17.3. The van der Waals surface area contributed by atoms with E-state index in [1.54, 1.807) is 12.2 Å². The number of nitrogens with zero attached hydrogens (tertiary/aromatic N) is 1. The summed E-state index contributed by atoms with van der Waals surface area (Å²) in [5, 5.41) is 71.8. The minimum Gasteiger partial charge on any atom is -0.477 e. The van der Waals surface area contributed by atoms with Gasteiger partial charge < -0.3 is 70.6 Å². The molecule has 1 saturated heterocycles. The topological polar surface area (TPSA) is 268 Å². The van der Waals surface area contributed by atoms with Crippen LogP contribution in [0, 0.1) is 11.8 Å². The predicted molar refractivity (Wildman–Crippen MR) is 158 cm³/mol. The van der Waals surface area contributed by atoms with Crippen molar-refractivity contribution < 1.29 is 69.2 Å². The summed E-state index contributed by atoms with van der Waals surface area (Å²) in [7, 11) is 1.17. The molecule has 0 radical (unpaired) electrons. The number of quaternary nitrogens is 1. The highest BCUT2D eigenvalue weighted by Gasteiger charge is 2.47. The molecule has 17 nitrogen and oxygen atoms in total. The molecule has 11 N–H and O–H groups in total. The highest BCUT2D eigenvalue weighted by atomic mass is 16.8. The number of aliphatic hydroxyl groups is 6. The van der Waals surface area contributed by atoms with Crippen LogP contribution in [0.25, 0.3) is 0 Å². The fourth-order valence-electron chi connectivity index (χ4n) is 5.17. The highest BCUT2D eigenvalue weighted by molar-refractivity contribution is 5.94. The van der Waals surface area contributed by atoms with Crippen LogP contribution in [0.5, 0.6) is 0 Å². The molecule has 1 fully saturated rings. The number of rotatable bonds is 14. The predicted octanol–water partition coefficient (Wildman–Crippen LogP) is -4.41. The van der Waals surface area contributed by atoms with Gasteiger partial charge in [-0.1, -0.05) is 18.2 Å². The molecule has 0 aromatic heterocycles. The maximum absolute atomic E-state index is 12.8. The molecule has 256 valence electrons. The Morgan fingerprint density at radius 3 is 2.52 bits per heavy atom. The third-order valence-corrected chi connectivity index (χ3v) is 7.60. The molecule has 0 spiro atoms. The zero-order valence-electron chi connectivity index (χ0n) is 25.3. The molecule has 17 heteroatoms. The van der Waals surface area contributed by atoms with E-state index in [2.05, 4.69) is 16.9 Å². The molecular weight excluding hydrogens is 612 g/mol. The summed E-state index contributed by atoms with van der Waals surface area (Å²) in [4.78, 5) is 29.8. The summed E-state index contributed by atoms with van der Waals surface area (Å²) in [6.07, 6.45) is -1.64. The zero-order chi connectivity index (χ0) is 34.0. The molecule has 0 aromatic carbocycles. The van der Waals surface area contributed by atoms with Gasteiger partial charge in [-0.3, -0.25) is 4.99 Å². The van der Waals surface area contributed by atoms with Gasteiger partial charge in [0, 0.05) is 24.6 Å². The fourth-order valence-corrected chi connectivity index (χ4v) is 5.17. The van der Waals surface area contributed by atoms with E-state index in [0.717, 1.165) is 6.26 Å². The van der Waals surface area contributed by atoms with Crippen LogP contribution in [0.15, 0.2) is 64.7 Å². The first-order chi connectivity index (χ1) is 22.0. The summed E-state index contributed by atoms with van der Waals surface area (Å²) in [5.41, 5.74) is 6.46. The number of carboxylic acid groups (broad SMARTS) is 1. The number of hydrogen-bond acceptors (Lipinski definition) is 13. The largest absolute Gasteiger partial charge is 0.477 e. The maximum Gasteiger partial charge on any atom is 0.343 e. The molecular formula is C29H43N4O13+. The Balaban J connectivity index is 2.02. The van der Waals surface area contributed by atoms with E-state index in [1.807, 2.05) is 0 Å². The number of guanidine groups is 1. The quantitative estimate of drug-likeness (QED) is 0.0278. The second-order valence-electron chi connectivity index (χ2n) is 10.6. The Hall–Kier alpha value is -3.65. The van der Waals surface area contributed by atoms with Gasteiger partial charge in [-0.05, 0) is 6.42 Å². The molecule has 3 aliphatic heterocycles. The van der Waals surface area contributed by atoms with Crippen LogP contribution in [-0.2, 0) is 28.5 Å². The minimum atomic E-state index is -1.72. The third-order valence-electron chi connectivity index (χ3n) is 7.60. The summed E-state index contributed by atoms with van der Waals surface area (Å²) in [6, 6.07) is 0. The second-order valence-corrected chi connectivity index (χ2v) is 10.6. The van der Waals surface area contributed by atoms with Crippen molar-refractivity contribution in [2.75, 3.05) is 46.6 Å². The number of methoxy groups -OCH3 is 1. The van der Waals surface area contributed by atoms with E-state index in [0.29, 0.717) is 16.9 Å². The average Bonchev–Trinajstić information content (AvgIpc) is 3.04. The molecule has 0 aromatic rings. The number of hydrogen-bond donors (Lipinski definition) is 10. The number of aliphatic carboxylic acids is 1. The van der Waals surface area contributed by atoms with E-state index in [1.165, 1.54) is 19.4 Å². The summed E-state index contributed by atoms with van der Waals surface area (Å²) >= 11 is 0. The van der Waals surface area contributed by atoms with E-state index >= 15 is 0 Å². The first kappa shape index (κ1) is 36.8. The van der Waals surface area contributed by atoms with Crippen molar-refractivity contribution in [1.29, 1.82) is 0 Å². The fraction of sp³-hybridized carbons (Fsp3) is 0.552. The third kappa shape index (κ3) is 8.78. The lowest BCUT2D eigenvalue weighted by Crippen LogP contribution is -3.09. The van der Waals surface area contributed by atoms with Crippen molar-refractivity contribution in [3.8, 4) is 0 Å². The van der Waals surface area contributed by atoms with Gasteiger partial charge in [0.25, 0.3) is 0 Å². The van der Waals surface area contributed by atoms with E-state index in [-0.39, 0.29) is 55.7 Å². The SMILES string of the molecule is C=CC1C(OC2OC(CO)C(O)C(O)C2O)OC=C(C(=O)OC)C1C=CC1=C(NC(N)=NCCCO)C(C(=O)O)=C[NH+](CCO)C1. The lowest BCUT2D eigenvalue weighted by Gasteiger charge is -2.42. The van der Waals surface area contributed by atoms with Crippen LogP contribution in [0.2, 0.25) is 0 Å². The van der Waals surface area contributed by atoms with Gasteiger partial charge >= 0.3 is 11.9 Å². The molecule has 46 heavy (non-hydrogen) atoms. The van der Waals surface area contributed by atoms with E-state index < -0.39 is 67.4 Å². The van der Waals surface area contributed by atoms with Gasteiger partial charge in [0.2, 0.25) is 6.29 Å². The van der Waals surface area contributed by atoms with Crippen LogP contribution in [0.1, 0.15) is 6.42 Å². The van der Waals surface area contributed by atoms with Gasteiger partial charge in [0.1, 0.15) is 49.3 Å². The number of nitrogens with two attached hydrogens (primary N) is 1. The number of allylic oxidation sites excluding steroid dienone is 1. The molecule has 0 bridgehead atoms. The van der Waals surface area contributed by atoms with Crippen LogP contribution in [0.4, 0.5) is 0 Å². The van der Waals surface area contributed by atoms with Crippen LogP contribution in [-0.4, -0.2) is 137 Å². The molecule has 0 aliphatic carbocycles. The van der Waals surface area contributed by atoms with Crippen LogP contribution in [0.3, 0.4) is 0 Å². The van der Waals surface area contributed by atoms with Gasteiger partial charge in [0.15, 0.2) is 12.2 Å². The Bertz CT molecular complexity index is 1250. The standard InChI is InChI=1S/C29H42N4O13/c1-3-16-17(19(26(42)43-2)14-44-27(16)46-28-24(39)23(38)22(37)20(13-36)45-28)6-5-15-11-33(8-10-35)12-18(25(40)41)21(15)32-29(30)31-7-4-9-34/h3,5-6,12,14,16-17,20,22-24,27-28,34-39H,1,4,7-11,13H2,2H3,(H,40,41)(H3,30,31,32)/p+1. The molecule has 3 aliphatic rings. The van der Waals surface area contributed by atoms with Crippen LogP contribution >= 0.6 is 0 Å². The Morgan fingerprint density at radius 2 is 1.91 bits per heavy atom. The molecule has 0 saturated carbocycles. The lowest BCUT2D eigenvalue weighted by molar-refractivity contribution is -0.843. The molecule has 9 atom stereocenters. The molecule has 0 amide bonds. The Kier molecular flexibility index (Phi) is 13.9. The van der Waals surface area contributed by atoms with Crippen molar-refractivity contribution in [1.82, 2.24) is 5.32 Å². The first-order valence-electron chi connectivity index (χ1n) is 14.5. The lowest BCUT2D eigenvalue weighted by atomic mass is 9.83. The number of carbonyl (C=O) groups is 2. The highest BCUT2D eigenvalue weighted by Crippen LogP contribution is 2.36. The first-order valence-corrected chi connectivity index (χ1v) is 14.5. The zero-order valence-corrected chi connectivity index (χ0v) is 25.3. The minimum absolute atomic E-state index is 0.0434. The van der Waals surface area contributed by atoms with Gasteiger partial charge in [-0.2, -0.15) is 0 Å². The van der Waals surface area contributed by atoms with Crippen molar-refractivity contribution in [2.45, 2.75) is 43.4 Å². The number of carboxylic acids is 1. The number of ether oxygens (including phenoxy) is 4. The number of nitrogens with one attached hydrogen (secondary N) is 2. The molecule has 3 rings (SSSR count). The smallest absolute Gasteiger partial charge is 0.343 e. The number of aliphatic hydroxyl groups excluding tert-OH is 6. The van der Waals surface area contributed by atoms with Crippen molar-refractivity contribution >= 4 is 17.9 Å². The summed E-state index contributed by atoms with van der Waals surface area (Å²) < 4.78 is 21.9. The number of aliphatic imine (C=N–C) groups is 1. The summed E-state index contributed by atoms with van der Waals surface area (Å²) in [6.45, 7) is 3.39. The van der Waals surface area contributed by atoms with Gasteiger partial charge in [-0.25, -0.2) is 9.59 Å². The number of carbonyl (C=O) groups excluding carboxylic acids is 1. The molecule has 3 heterocycles. The Labute approximate surface area is 264 Å². The normalized spacial score (nSPS) is 32.0. The maximum atomic E-state index is 12.8. The van der Waals surface area contributed by atoms with Crippen molar-refractivity contribution in [3.63, 3.8) is 0 Å². The Morgan fingerprint density at radius 1 is 1.17 bits per heavy atom. The van der Waals surface area contributed by atoms with Crippen molar-refractivity contribution in [3.05, 3.63) is 59.7 Å². The molecule has 9 unspecified atom stereocenters. The summed E-state index contributed by atoms with van der Waals surface area (Å²) in [5.74, 6) is -3.83. The van der Waals surface area contributed by atoms with Crippen molar-refractivity contribution in [2.24, 2.45) is 22.6 Å².